The molecule has 8 aromatic rings. The van der Waals surface area contributed by atoms with Crippen LogP contribution in [0.4, 0.5) is 0 Å². The van der Waals surface area contributed by atoms with Gasteiger partial charge in [-0.1, -0.05) is 152 Å². The summed E-state index contributed by atoms with van der Waals surface area (Å²) in [7, 11) is 0. The highest BCUT2D eigenvalue weighted by molar-refractivity contribution is 5.91. The number of aromatic nitrogens is 3. The number of para-hydroxylation sites is 2. The van der Waals surface area contributed by atoms with Gasteiger partial charge in [0, 0.05) is 28.2 Å². The van der Waals surface area contributed by atoms with Crippen molar-refractivity contribution in [2.75, 3.05) is 0 Å². The lowest BCUT2D eigenvalue weighted by molar-refractivity contribution is -0.00518. The van der Waals surface area contributed by atoms with E-state index in [0.717, 1.165) is 69.6 Å². The Morgan fingerprint density at radius 2 is 1.06 bits per heavy atom. The first-order valence-electron chi connectivity index (χ1n) is 23.4. The SMILES string of the molecule is C1=CC(c2nc(-c3ccc(C45CC6CC(CC(C6)C4)C5)cc3)nc(-c3cccc(-c4ccc5c(c4)-c4ccccc4C54c5ccccc5Oc5ccccc54)c3)n2)Cc2ccccc21. The standard InChI is InChI=1S/C60H47N3O/c1-2-11-42-31-46(21-20-40(42)10-1)58-62-56(41-22-25-47(26-23-41)59-34-37-28-38(35-59)30-39(29-37)36-59)61-57(63-58)45-13-9-12-43(32-45)44-24-27-51-49(33-44)48-14-3-4-15-50(48)60(51)52-16-5-7-18-54(52)64-55-19-8-6-17-53(55)60/h1-27,32-33,37-39,46H,28-31,34-36H2. The molecule has 4 fully saturated rings. The summed E-state index contributed by atoms with van der Waals surface area (Å²) in [5, 5.41) is 0. The molecule has 0 saturated heterocycles. The molecule has 7 aliphatic rings. The number of fused-ring (bicyclic) bond motifs is 10. The third kappa shape index (κ3) is 5.44. The van der Waals surface area contributed by atoms with E-state index in [2.05, 4.69) is 176 Å². The smallest absolute Gasteiger partial charge is 0.163 e. The van der Waals surface area contributed by atoms with Crippen molar-refractivity contribution in [1.29, 1.82) is 0 Å². The lowest BCUT2D eigenvalue weighted by Gasteiger charge is -2.57. The number of benzene rings is 7. The first kappa shape index (κ1) is 36.6. The fourth-order valence-corrected chi connectivity index (χ4v) is 13.7. The zero-order valence-corrected chi connectivity index (χ0v) is 35.8. The number of ether oxygens (including phenoxy) is 1. The summed E-state index contributed by atoms with van der Waals surface area (Å²) in [6, 6.07) is 60.0. The zero-order chi connectivity index (χ0) is 42.0. The number of allylic oxidation sites excluding steroid dienone is 1. The molecule has 1 atom stereocenters. The normalized spacial score (nSPS) is 23.4. The molecule has 0 N–H and O–H groups in total. The van der Waals surface area contributed by atoms with Crippen LogP contribution in [0.25, 0.3) is 51.1 Å². The molecular weight excluding hydrogens is 779 g/mol. The molecule has 1 spiro atoms. The summed E-state index contributed by atoms with van der Waals surface area (Å²) in [5.41, 5.74) is 15.7. The van der Waals surface area contributed by atoms with E-state index >= 15 is 0 Å². The van der Waals surface area contributed by atoms with Gasteiger partial charge in [-0.15, -0.1) is 0 Å². The van der Waals surface area contributed by atoms with Gasteiger partial charge >= 0.3 is 0 Å². The predicted molar refractivity (Wildman–Crippen MR) is 255 cm³/mol. The van der Waals surface area contributed by atoms with Gasteiger partial charge in [0.05, 0.1) is 5.41 Å². The molecule has 4 nitrogen and oxygen atoms in total. The maximum absolute atomic E-state index is 6.57. The summed E-state index contributed by atoms with van der Waals surface area (Å²) >= 11 is 0. The molecule has 4 bridgehead atoms. The lowest BCUT2D eigenvalue weighted by atomic mass is 9.48. The van der Waals surface area contributed by atoms with Crippen LogP contribution in [0.15, 0.2) is 170 Å². The van der Waals surface area contributed by atoms with Gasteiger partial charge in [-0.25, -0.2) is 15.0 Å². The second-order valence-corrected chi connectivity index (χ2v) is 19.7. The summed E-state index contributed by atoms with van der Waals surface area (Å²) in [5.74, 6) is 6.87. The third-order valence-corrected chi connectivity index (χ3v) is 16.1. The molecule has 1 unspecified atom stereocenters. The Morgan fingerprint density at radius 1 is 0.469 bits per heavy atom. The Labute approximate surface area is 374 Å². The minimum atomic E-state index is -0.489. The molecule has 1 aliphatic heterocycles. The van der Waals surface area contributed by atoms with E-state index in [1.807, 2.05) is 0 Å². The zero-order valence-electron chi connectivity index (χ0n) is 35.8. The summed E-state index contributed by atoms with van der Waals surface area (Å²) in [6.07, 6.45) is 13.8. The van der Waals surface area contributed by atoms with Crippen molar-refractivity contribution in [3.05, 3.63) is 215 Å². The van der Waals surface area contributed by atoms with Gasteiger partial charge < -0.3 is 4.74 Å². The van der Waals surface area contributed by atoms with Crippen molar-refractivity contribution in [3.63, 3.8) is 0 Å². The van der Waals surface area contributed by atoms with Crippen LogP contribution in [0.5, 0.6) is 11.5 Å². The molecule has 6 aliphatic carbocycles. The maximum Gasteiger partial charge on any atom is 0.163 e. The van der Waals surface area contributed by atoms with Gasteiger partial charge in [0.15, 0.2) is 11.6 Å². The van der Waals surface area contributed by atoms with Gasteiger partial charge in [0.2, 0.25) is 0 Å². The van der Waals surface area contributed by atoms with Crippen LogP contribution in [-0.4, -0.2) is 15.0 Å². The molecule has 1 aromatic heterocycles. The van der Waals surface area contributed by atoms with E-state index in [1.165, 1.54) is 88.6 Å². The molecule has 0 amide bonds. The summed E-state index contributed by atoms with van der Waals surface area (Å²) in [6.45, 7) is 0. The quantitative estimate of drug-likeness (QED) is 0.173. The van der Waals surface area contributed by atoms with Crippen LogP contribution in [0.3, 0.4) is 0 Å². The van der Waals surface area contributed by atoms with Gasteiger partial charge in [0.1, 0.15) is 17.3 Å². The van der Waals surface area contributed by atoms with Crippen LogP contribution in [0.1, 0.15) is 89.2 Å². The largest absolute Gasteiger partial charge is 0.457 e. The molecule has 308 valence electrons. The highest BCUT2D eigenvalue weighted by Gasteiger charge is 2.52. The van der Waals surface area contributed by atoms with E-state index < -0.39 is 5.41 Å². The van der Waals surface area contributed by atoms with Crippen molar-refractivity contribution in [1.82, 2.24) is 15.0 Å². The van der Waals surface area contributed by atoms with Crippen LogP contribution in [0, 0.1) is 17.8 Å². The minimum absolute atomic E-state index is 0.0504. The number of nitrogens with zero attached hydrogens (tertiary/aromatic N) is 3. The van der Waals surface area contributed by atoms with Gasteiger partial charge in [-0.05, 0) is 142 Å². The molecule has 7 aromatic carbocycles. The van der Waals surface area contributed by atoms with Gasteiger partial charge in [-0.2, -0.15) is 0 Å². The Balaban J connectivity index is 0.870. The Bertz CT molecular complexity index is 3150. The number of hydrogen-bond acceptors (Lipinski definition) is 4. The lowest BCUT2D eigenvalue weighted by Crippen LogP contribution is -2.48. The minimum Gasteiger partial charge on any atom is -0.457 e. The second-order valence-electron chi connectivity index (χ2n) is 19.7. The Hall–Kier alpha value is -6.91. The molecule has 2 heterocycles. The predicted octanol–water partition coefficient (Wildman–Crippen LogP) is 14.2. The van der Waals surface area contributed by atoms with Crippen molar-refractivity contribution in [2.24, 2.45) is 17.8 Å². The molecule has 0 radical (unpaired) electrons. The topological polar surface area (TPSA) is 47.9 Å². The van der Waals surface area contributed by atoms with Gasteiger partial charge in [0.25, 0.3) is 0 Å². The fraction of sp³-hybridized carbons (Fsp3) is 0.217. The monoisotopic (exact) mass is 825 g/mol. The molecule has 15 rings (SSSR count). The maximum atomic E-state index is 6.57. The van der Waals surface area contributed by atoms with Crippen LogP contribution in [0.2, 0.25) is 0 Å². The van der Waals surface area contributed by atoms with Crippen molar-refractivity contribution >= 4 is 6.08 Å². The highest BCUT2D eigenvalue weighted by Crippen LogP contribution is 2.63. The summed E-state index contributed by atoms with van der Waals surface area (Å²) < 4.78 is 6.57. The van der Waals surface area contributed by atoms with E-state index in [-0.39, 0.29) is 5.92 Å². The van der Waals surface area contributed by atoms with Crippen molar-refractivity contribution < 1.29 is 4.74 Å². The Kier molecular flexibility index (Phi) is 7.88. The van der Waals surface area contributed by atoms with Crippen molar-refractivity contribution in [3.8, 4) is 56.5 Å². The van der Waals surface area contributed by atoms with Gasteiger partial charge in [-0.3, -0.25) is 0 Å². The molecular formula is C60H47N3O. The van der Waals surface area contributed by atoms with E-state index in [4.69, 9.17) is 19.7 Å². The van der Waals surface area contributed by atoms with Crippen molar-refractivity contribution in [2.45, 2.75) is 61.7 Å². The molecule has 4 heteroatoms. The third-order valence-electron chi connectivity index (χ3n) is 16.1. The fourth-order valence-electron chi connectivity index (χ4n) is 13.7. The van der Waals surface area contributed by atoms with E-state index in [9.17, 15) is 0 Å². The average molecular weight is 826 g/mol. The number of hydrogen-bond donors (Lipinski definition) is 0. The number of rotatable bonds is 5. The highest BCUT2D eigenvalue weighted by atomic mass is 16.5. The Morgan fingerprint density at radius 3 is 1.81 bits per heavy atom. The molecule has 4 saturated carbocycles. The molecule has 64 heavy (non-hydrogen) atoms. The first-order chi connectivity index (χ1) is 31.6. The first-order valence-corrected chi connectivity index (χ1v) is 23.4. The average Bonchev–Trinajstić information content (AvgIpc) is 3.63. The van der Waals surface area contributed by atoms with Crippen LogP contribution in [-0.2, 0) is 17.3 Å². The summed E-state index contributed by atoms with van der Waals surface area (Å²) in [4.78, 5) is 15.9. The van der Waals surface area contributed by atoms with E-state index in [1.54, 1.807) is 0 Å². The van der Waals surface area contributed by atoms with Crippen LogP contribution < -0.4 is 4.74 Å². The second kappa shape index (κ2) is 13.8. The van der Waals surface area contributed by atoms with Crippen LogP contribution >= 0.6 is 0 Å². The van der Waals surface area contributed by atoms with E-state index in [0.29, 0.717) is 11.2 Å².